The molecule has 1 amide bonds. The summed E-state index contributed by atoms with van der Waals surface area (Å²) in [7, 11) is 0. The van der Waals surface area contributed by atoms with Crippen molar-refractivity contribution in [1.29, 1.82) is 0 Å². The molecule has 0 aliphatic carbocycles. The van der Waals surface area contributed by atoms with E-state index in [1.54, 1.807) is 0 Å². The van der Waals surface area contributed by atoms with Crippen LogP contribution >= 0.6 is 13.5 Å². The molecule has 66 valence electrons. The maximum Gasteiger partial charge on any atom is 0.320 e. The van der Waals surface area contributed by atoms with E-state index in [-0.39, 0.29) is 26.3 Å². The summed E-state index contributed by atoms with van der Waals surface area (Å²) in [5.74, 6) is -1.64. The predicted octanol–water partition coefficient (Wildman–Crippen LogP) is -1.22. The first kappa shape index (κ1) is 12.9. The van der Waals surface area contributed by atoms with Gasteiger partial charge in [-0.2, -0.15) is 13.5 Å². The van der Waals surface area contributed by atoms with Crippen LogP contribution in [0.25, 0.3) is 0 Å². The van der Waals surface area contributed by atoms with E-state index in [0.717, 1.165) is 0 Å². The molecule has 1 unspecified atom stereocenters. The SMILES string of the molecule is NC(=O)CCC(N)C(=O)O.S. The third-order valence-corrected chi connectivity index (χ3v) is 1.02. The Labute approximate surface area is 71.2 Å². The zero-order valence-electron chi connectivity index (χ0n) is 5.91. The first-order valence-electron chi connectivity index (χ1n) is 2.80. The second kappa shape index (κ2) is 5.99. The fourth-order valence-electron chi connectivity index (χ4n) is 0.421. The van der Waals surface area contributed by atoms with Crippen LogP contribution < -0.4 is 11.5 Å². The maximum atomic E-state index is 10.1. The Bertz CT molecular complexity index is 151. The van der Waals surface area contributed by atoms with Crippen molar-refractivity contribution in [2.75, 3.05) is 0 Å². The second-order valence-corrected chi connectivity index (χ2v) is 1.95. The van der Waals surface area contributed by atoms with Gasteiger partial charge in [-0.1, -0.05) is 0 Å². The fourth-order valence-corrected chi connectivity index (χ4v) is 0.421. The van der Waals surface area contributed by atoms with Crippen molar-refractivity contribution in [3.8, 4) is 0 Å². The Morgan fingerprint density at radius 3 is 2.18 bits per heavy atom. The highest BCUT2D eigenvalue weighted by atomic mass is 32.1. The molecule has 11 heavy (non-hydrogen) atoms. The maximum absolute atomic E-state index is 10.1. The Kier molecular flexibility index (Phi) is 7.02. The summed E-state index contributed by atoms with van der Waals surface area (Å²) in [5.41, 5.74) is 9.81. The summed E-state index contributed by atoms with van der Waals surface area (Å²) in [4.78, 5) is 20.1. The number of hydrogen-bond donors (Lipinski definition) is 3. The molecule has 0 fully saturated rings. The molecule has 6 heteroatoms. The summed E-state index contributed by atoms with van der Waals surface area (Å²) in [6, 6.07) is -0.979. The van der Waals surface area contributed by atoms with Crippen LogP contribution in [0, 0.1) is 0 Å². The van der Waals surface area contributed by atoms with Gasteiger partial charge < -0.3 is 16.6 Å². The second-order valence-electron chi connectivity index (χ2n) is 1.95. The van der Waals surface area contributed by atoms with Crippen molar-refractivity contribution in [3.05, 3.63) is 0 Å². The molecule has 0 saturated carbocycles. The molecule has 0 aliphatic rings. The van der Waals surface area contributed by atoms with E-state index in [1.807, 2.05) is 0 Å². The highest BCUT2D eigenvalue weighted by Gasteiger charge is 2.11. The number of carboxylic acids is 1. The zero-order chi connectivity index (χ0) is 8.15. The van der Waals surface area contributed by atoms with Crippen LogP contribution in [0.15, 0.2) is 0 Å². The highest BCUT2D eigenvalue weighted by Crippen LogP contribution is 1.92. The minimum Gasteiger partial charge on any atom is -0.480 e. The lowest BCUT2D eigenvalue weighted by Gasteiger charge is -2.01. The summed E-state index contributed by atoms with van der Waals surface area (Å²) in [5, 5.41) is 8.22. The Morgan fingerprint density at radius 2 is 1.91 bits per heavy atom. The van der Waals surface area contributed by atoms with E-state index in [4.69, 9.17) is 16.6 Å². The number of nitrogens with two attached hydrogens (primary N) is 2. The number of carbonyl (C=O) groups excluding carboxylic acids is 1. The molecule has 1 atom stereocenters. The van der Waals surface area contributed by atoms with Crippen molar-refractivity contribution in [2.45, 2.75) is 18.9 Å². The molecular formula is C5H12N2O3S. The lowest BCUT2D eigenvalue weighted by molar-refractivity contribution is -0.138. The molecule has 5 N–H and O–H groups in total. The molecule has 0 aromatic carbocycles. The van der Waals surface area contributed by atoms with Gasteiger partial charge in [-0.05, 0) is 6.42 Å². The van der Waals surface area contributed by atoms with E-state index in [1.165, 1.54) is 0 Å². The van der Waals surface area contributed by atoms with Crippen LogP contribution in [0.5, 0.6) is 0 Å². The van der Waals surface area contributed by atoms with Crippen LogP contribution in [0.3, 0.4) is 0 Å². The fraction of sp³-hybridized carbons (Fsp3) is 0.600. The van der Waals surface area contributed by atoms with Crippen LogP contribution in [0.1, 0.15) is 12.8 Å². The minimum atomic E-state index is -1.11. The van der Waals surface area contributed by atoms with E-state index in [0.29, 0.717) is 0 Å². The van der Waals surface area contributed by atoms with Crippen LogP contribution in [-0.2, 0) is 9.59 Å². The smallest absolute Gasteiger partial charge is 0.320 e. The average molecular weight is 180 g/mol. The van der Waals surface area contributed by atoms with Gasteiger partial charge in [0, 0.05) is 6.42 Å². The van der Waals surface area contributed by atoms with Crippen molar-refractivity contribution in [3.63, 3.8) is 0 Å². The van der Waals surface area contributed by atoms with Crippen molar-refractivity contribution in [2.24, 2.45) is 11.5 Å². The number of carboxylic acid groups (broad SMARTS) is 1. The van der Waals surface area contributed by atoms with Crippen molar-refractivity contribution < 1.29 is 14.7 Å². The summed E-state index contributed by atoms with van der Waals surface area (Å²) < 4.78 is 0. The van der Waals surface area contributed by atoms with Gasteiger partial charge in [-0.3, -0.25) is 9.59 Å². The third kappa shape index (κ3) is 7.14. The molecule has 0 heterocycles. The molecule has 0 aromatic heterocycles. The highest BCUT2D eigenvalue weighted by molar-refractivity contribution is 7.59. The number of carbonyl (C=O) groups is 2. The molecular weight excluding hydrogens is 168 g/mol. The number of hydrogen-bond acceptors (Lipinski definition) is 3. The standard InChI is InChI=1S/C5H10N2O3.H2S/c6-3(5(9)10)1-2-4(7)8;/h3H,1-2,6H2,(H2,7,8)(H,9,10);1H2. The molecule has 0 bridgehead atoms. The Hall–Kier alpha value is -0.750. The molecule has 0 spiro atoms. The molecule has 0 rings (SSSR count). The van der Waals surface area contributed by atoms with Gasteiger partial charge in [-0.25, -0.2) is 0 Å². The van der Waals surface area contributed by atoms with E-state index >= 15 is 0 Å². The van der Waals surface area contributed by atoms with Gasteiger partial charge in [0.1, 0.15) is 6.04 Å². The van der Waals surface area contributed by atoms with Gasteiger partial charge in [0.05, 0.1) is 0 Å². The zero-order valence-corrected chi connectivity index (χ0v) is 6.91. The van der Waals surface area contributed by atoms with Gasteiger partial charge in [0.15, 0.2) is 0 Å². The normalized spacial score (nSPS) is 11.4. The number of rotatable bonds is 4. The number of primary amides is 1. The quantitative estimate of drug-likeness (QED) is 0.504. The number of aliphatic carboxylic acids is 1. The molecule has 0 radical (unpaired) electrons. The molecule has 0 aliphatic heterocycles. The predicted molar refractivity (Wildman–Crippen MR) is 44.4 cm³/mol. The van der Waals surface area contributed by atoms with E-state index < -0.39 is 17.9 Å². The van der Waals surface area contributed by atoms with Gasteiger partial charge in [-0.15, -0.1) is 0 Å². The largest absolute Gasteiger partial charge is 0.480 e. The van der Waals surface area contributed by atoms with Gasteiger partial charge >= 0.3 is 5.97 Å². The van der Waals surface area contributed by atoms with Crippen LogP contribution in [0.2, 0.25) is 0 Å². The van der Waals surface area contributed by atoms with Crippen molar-refractivity contribution >= 4 is 25.4 Å². The summed E-state index contributed by atoms with van der Waals surface area (Å²) >= 11 is 0. The van der Waals surface area contributed by atoms with E-state index in [9.17, 15) is 9.59 Å². The number of amides is 1. The van der Waals surface area contributed by atoms with Crippen LogP contribution in [-0.4, -0.2) is 23.0 Å². The molecule has 5 nitrogen and oxygen atoms in total. The minimum absolute atomic E-state index is 0. The first-order valence-corrected chi connectivity index (χ1v) is 2.80. The summed E-state index contributed by atoms with van der Waals surface area (Å²) in [6.07, 6.45) is 0.123. The molecule has 0 aromatic rings. The Balaban J connectivity index is 0. The monoisotopic (exact) mass is 180 g/mol. The van der Waals surface area contributed by atoms with Gasteiger partial charge in [0.25, 0.3) is 0 Å². The molecule has 0 saturated heterocycles. The topological polar surface area (TPSA) is 106 Å². The van der Waals surface area contributed by atoms with Crippen molar-refractivity contribution in [1.82, 2.24) is 0 Å². The van der Waals surface area contributed by atoms with E-state index in [2.05, 4.69) is 0 Å². The van der Waals surface area contributed by atoms with Gasteiger partial charge in [0.2, 0.25) is 5.91 Å². The van der Waals surface area contributed by atoms with Crippen LogP contribution in [0.4, 0.5) is 0 Å². The third-order valence-electron chi connectivity index (χ3n) is 1.02. The lowest BCUT2D eigenvalue weighted by atomic mass is 10.2. The summed E-state index contributed by atoms with van der Waals surface area (Å²) in [6.45, 7) is 0. The Morgan fingerprint density at radius 1 is 1.45 bits per heavy atom. The first-order chi connectivity index (χ1) is 4.54. The lowest BCUT2D eigenvalue weighted by Crippen LogP contribution is -2.31. The average Bonchev–Trinajstić information content (AvgIpc) is 1.82.